The first-order chi connectivity index (χ1) is 8.70. The van der Waals surface area contributed by atoms with Gasteiger partial charge in [0.1, 0.15) is 11.5 Å². The number of H-pyrrole nitrogens is 1. The van der Waals surface area contributed by atoms with Gasteiger partial charge in [0.15, 0.2) is 0 Å². The van der Waals surface area contributed by atoms with Gasteiger partial charge in [-0.2, -0.15) is 0 Å². The summed E-state index contributed by atoms with van der Waals surface area (Å²) < 4.78 is 5.28. The zero-order valence-corrected chi connectivity index (χ0v) is 10.8. The van der Waals surface area contributed by atoms with Crippen molar-refractivity contribution >= 4 is 5.90 Å². The number of aliphatic imine (C=N–C) groups is 1. The molecule has 1 aromatic carbocycles. The molecule has 0 aliphatic rings. The third-order valence-corrected chi connectivity index (χ3v) is 2.42. The molecule has 18 heavy (non-hydrogen) atoms. The summed E-state index contributed by atoms with van der Waals surface area (Å²) in [5.41, 5.74) is 1.84. The lowest BCUT2D eigenvalue weighted by atomic mass is 10.2. The van der Waals surface area contributed by atoms with Gasteiger partial charge in [-0.15, -0.1) is 0 Å². The van der Waals surface area contributed by atoms with Crippen molar-refractivity contribution in [3.8, 4) is 11.4 Å². The lowest BCUT2D eigenvalue weighted by Crippen LogP contribution is -2.07. The maximum Gasteiger partial charge on any atom is 0.234 e. The third-order valence-electron chi connectivity index (χ3n) is 2.42. The molecule has 0 bridgehead atoms. The summed E-state index contributed by atoms with van der Waals surface area (Å²) in [4.78, 5) is 12.0. The molecule has 0 unspecified atom stereocenters. The summed E-state index contributed by atoms with van der Waals surface area (Å²) in [6.07, 6.45) is 1.74. The number of hydrogen-bond acceptors (Lipinski definition) is 3. The largest absolute Gasteiger partial charge is 0.480 e. The van der Waals surface area contributed by atoms with Crippen LogP contribution in [0.15, 0.2) is 41.5 Å². The number of nitrogens with one attached hydrogen (secondary N) is 1. The van der Waals surface area contributed by atoms with E-state index in [0.717, 1.165) is 17.1 Å². The summed E-state index contributed by atoms with van der Waals surface area (Å²) in [6.45, 7) is 4.01. The van der Waals surface area contributed by atoms with Gasteiger partial charge in [0.05, 0.1) is 13.3 Å². The first kappa shape index (κ1) is 12.4. The molecule has 0 atom stereocenters. The minimum absolute atomic E-state index is 0.184. The van der Waals surface area contributed by atoms with Crippen molar-refractivity contribution in [2.45, 2.75) is 19.9 Å². The van der Waals surface area contributed by atoms with E-state index in [4.69, 9.17) is 4.74 Å². The molecule has 0 saturated heterocycles. The van der Waals surface area contributed by atoms with Crippen molar-refractivity contribution < 1.29 is 4.74 Å². The van der Waals surface area contributed by atoms with Crippen molar-refractivity contribution in [3.63, 3.8) is 0 Å². The van der Waals surface area contributed by atoms with Crippen LogP contribution in [0, 0.1) is 0 Å². The molecule has 0 aliphatic heterocycles. The van der Waals surface area contributed by atoms with Gasteiger partial charge in [-0.05, 0) is 13.8 Å². The highest BCUT2D eigenvalue weighted by atomic mass is 16.5. The van der Waals surface area contributed by atoms with Gasteiger partial charge in [-0.1, -0.05) is 30.3 Å². The molecule has 0 saturated carbocycles. The molecule has 0 fully saturated rings. The van der Waals surface area contributed by atoms with E-state index >= 15 is 0 Å². The van der Waals surface area contributed by atoms with Crippen molar-refractivity contribution in [1.82, 2.24) is 9.97 Å². The van der Waals surface area contributed by atoms with Crippen LogP contribution in [0.25, 0.3) is 11.4 Å². The van der Waals surface area contributed by atoms with Crippen LogP contribution in [0.2, 0.25) is 0 Å². The highest BCUT2D eigenvalue weighted by Gasteiger charge is 2.09. The smallest absolute Gasteiger partial charge is 0.234 e. The molecule has 2 rings (SSSR count). The third kappa shape index (κ3) is 2.77. The van der Waals surface area contributed by atoms with Crippen LogP contribution in [0.1, 0.15) is 19.5 Å². The highest BCUT2D eigenvalue weighted by Crippen LogP contribution is 2.15. The molecule has 1 aromatic heterocycles. The topological polar surface area (TPSA) is 50.3 Å². The maximum atomic E-state index is 5.28. The van der Waals surface area contributed by atoms with Gasteiger partial charge < -0.3 is 9.72 Å². The summed E-state index contributed by atoms with van der Waals surface area (Å²) >= 11 is 0. The van der Waals surface area contributed by atoms with Crippen LogP contribution in [0.3, 0.4) is 0 Å². The highest BCUT2D eigenvalue weighted by molar-refractivity contribution is 5.92. The van der Waals surface area contributed by atoms with E-state index < -0.39 is 0 Å². The zero-order chi connectivity index (χ0) is 13.0. The summed E-state index contributed by atoms with van der Waals surface area (Å²) in [7, 11) is 1.62. The molecular formula is C14H17N3O. The Morgan fingerprint density at radius 3 is 2.61 bits per heavy atom. The van der Waals surface area contributed by atoms with E-state index in [1.807, 2.05) is 44.2 Å². The molecule has 0 aliphatic carbocycles. The first-order valence-electron chi connectivity index (χ1n) is 5.93. The second kappa shape index (κ2) is 5.49. The number of aromatic amines is 1. The fourth-order valence-corrected chi connectivity index (χ4v) is 1.64. The fourth-order valence-electron chi connectivity index (χ4n) is 1.64. The number of rotatable bonds is 3. The molecule has 1 heterocycles. The van der Waals surface area contributed by atoms with Crippen LogP contribution in [0.5, 0.6) is 0 Å². The van der Waals surface area contributed by atoms with Gasteiger partial charge in [0.25, 0.3) is 0 Å². The number of aromatic nitrogens is 2. The van der Waals surface area contributed by atoms with E-state index in [2.05, 4.69) is 15.0 Å². The number of methoxy groups -OCH3 is 1. The zero-order valence-electron chi connectivity index (χ0n) is 10.8. The molecule has 1 N–H and O–H groups in total. The molecule has 4 heteroatoms. The summed E-state index contributed by atoms with van der Waals surface area (Å²) in [5, 5.41) is 0. The van der Waals surface area contributed by atoms with Gasteiger partial charge in [0, 0.05) is 11.6 Å². The Kier molecular flexibility index (Phi) is 3.77. The normalized spacial score (nSPS) is 11.9. The van der Waals surface area contributed by atoms with Gasteiger partial charge >= 0.3 is 0 Å². The van der Waals surface area contributed by atoms with Crippen molar-refractivity contribution in [2.24, 2.45) is 4.99 Å². The van der Waals surface area contributed by atoms with E-state index in [-0.39, 0.29) is 6.04 Å². The standard InChI is InChI=1S/C14H17N3O/c1-10(2)16-14(18-3)12-9-15-13(17-12)11-7-5-4-6-8-11/h4-10H,1-3H3,(H,15,17). The Bertz CT molecular complexity index is 529. The Hall–Kier alpha value is -2.10. The number of imidazole rings is 1. The Balaban J connectivity index is 2.30. The number of ether oxygens (including phenoxy) is 1. The Labute approximate surface area is 107 Å². The van der Waals surface area contributed by atoms with Gasteiger partial charge in [0.2, 0.25) is 5.90 Å². The van der Waals surface area contributed by atoms with Crippen LogP contribution in [-0.4, -0.2) is 29.0 Å². The van der Waals surface area contributed by atoms with Crippen molar-refractivity contribution in [2.75, 3.05) is 7.11 Å². The quantitative estimate of drug-likeness (QED) is 0.665. The average Bonchev–Trinajstić information content (AvgIpc) is 2.86. The fraction of sp³-hybridized carbons (Fsp3) is 0.286. The molecule has 94 valence electrons. The Morgan fingerprint density at radius 1 is 1.28 bits per heavy atom. The SMILES string of the molecule is COC(=NC(C)C)c1cnc(-c2ccccc2)[nH]1. The van der Waals surface area contributed by atoms with Crippen molar-refractivity contribution in [3.05, 3.63) is 42.2 Å². The monoisotopic (exact) mass is 243 g/mol. The minimum Gasteiger partial charge on any atom is -0.480 e. The van der Waals surface area contributed by atoms with Crippen LogP contribution >= 0.6 is 0 Å². The summed E-state index contributed by atoms with van der Waals surface area (Å²) in [5.74, 6) is 1.40. The molecule has 0 spiro atoms. The van der Waals surface area contributed by atoms with Crippen LogP contribution in [-0.2, 0) is 4.74 Å². The van der Waals surface area contributed by atoms with E-state index in [1.54, 1.807) is 13.3 Å². The van der Waals surface area contributed by atoms with Crippen LogP contribution < -0.4 is 0 Å². The van der Waals surface area contributed by atoms with E-state index in [1.165, 1.54) is 0 Å². The second-order valence-corrected chi connectivity index (χ2v) is 4.24. The first-order valence-corrected chi connectivity index (χ1v) is 5.93. The number of hydrogen-bond donors (Lipinski definition) is 1. The predicted molar refractivity (Wildman–Crippen MR) is 72.7 cm³/mol. The Morgan fingerprint density at radius 2 is 2.00 bits per heavy atom. The molecular weight excluding hydrogens is 226 g/mol. The maximum absolute atomic E-state index is 5.28. The van der Waals surface area contributed by atoms with Crippen LogP contribution in [0.4, 0.5) is 0 Å². The molecule has 2 aromatic rings. The number of benzene rings is 1. The molecule has 0 radical (unpaired) electrons. The number of nitrogens with zero attached hydrogens (tertiary/aromatic N) is 2. The van der Waals surface area contributed by atoms with Crippen molar-refractivity contribution in [1.29, 1.82) is 0 Å². The summed E-state index contributed by atoms with van der Waals surface area (Å²) in [6, 6.07) is 10.1. The molecule has 4 nitrogen and oxygen atoms in total. The van der Waals surface area contributed by atoms with Gasteiger partial charge in [-0.3, -0.25) is 0 Å². The lowest BCUT2D eigenvalue weighted by Gasteiger charge is -2.04. The molecule has 0 amide bonds. The predicted octanol–water partition coefficient (Wildman–Crippen LogP) is 2.88. The van der Waals surface area contributed by atoms with Gasteiger partial charge in [-0.25, -0.2) is 9.98 Å². The second-order valence-electron chi connectivity index (χ2n) is 4.24. The average molecular weight is 243 g/mol. The minimum atomic E-state index is 0.184. The van der Waals surface area contributed by atoms with E-state index in [0.29, 0.717) is 5.90 Å². The van der Waals surface area contributed by atoms with E-state index in [9.17, 15) is 0 Å². The lowest BCUT2D eigenvalue weighted by molar-refractivity contribution is 0.399.